The summed E-state index contributed by atoms with van der Waals surface area (Å²) in [7, 11) is 0. The number of hydrogen-bond acceptors (Lipinski definition) is 3. The van der Waals surface area contributed by atoms with Crippen LogP contribution in [0.15, 0.2) is 23.1 Å². The Labute approximate surface area is 88.8 Å². The molecule has 2 nitrogen and oxygen atoms in total. The van der Waals surface area contributed by atoms with E-state index in [1.807, 2.05) is 11.8 Å². The zero-order valence-corrected chi connectivity index (χ0v) is 9.14. The van der Waals surface area contributed by atoms with E-state index in [-0.39, 0.29) is 0 Å². The monoisotopic (exact) mass is 209 g/mol. The molecule has 0 saturated heterocycles. The Hall–Kier alpha value is -0.510. The van der Waals surface area contributed by atoms with Gasteiger partial charge in [0.2, 0.25) is 0 Å². The lowest BCUT2D eigenvalue weighted by atomic mass is 10.0. The number of thioether (sulfide) groups is 1. The van der Waals surface area contributed by atoms with Crippen LogP contribution in [0.3, 0.4) is 0 Å². The third-order valence-electron chi connectivity index (χ3n) is 2.54. The number of fused-ring (bicyclic) bond motifs is 1. The molecular formula is C11H15NOS. The topological polar surface area (TPSA) is 35.2 Å². The van der Waals surface area contributed by atoms with Gasteiger partial charge in [-0.2, -0.15) is 0 Å². The predicted octanol–water partition coefficient (Wildman–Crippen LogP) is 2.16. The minimum Gasteiger partial charge on any atom is -0.304 e. The Balaban J connectivity index is 2.21. The summed E-state index contributed by atoms with van der Waals surface area (Å²) < 4.78 is 0. The quantitative estimate of drug-likeness (QED) is 0.775. The van der Waals surface area contributed by atoms with E-state index in [1.165, 1.54) is 22.4 Å². The second-order valence-corrected chi connectivity index (χ2v) is 5.13. The lowest BCUT2D eigenvalue weighted by Gasteiger charge is -2.06. The summed E-state index contributed by atoms with van der Waals surface area (Å²) in [4.78, 5) is 6.06. The van der Waals surface area contributed by atoms with Crippen LogP contribution in [0, 0.1) is 0 Å². The van der Waals surface area contributed by atoms with Gasteiger partial charge in [0.05, 0.1) is 6.61 Å². The molecule has 0 spiro atoms. The molecule has 0 fully saturated rings. The first kappa shape index (κ1) is 10.0. The molecule has 3 heteroatoms. The molecule has 1 heterocycles. The van der Waals surface area contributed by atoms with Crippen molar-refractivity contribution >= 4 is 11.8 Å². The van der Waals surface area contributed by atoms with Crippen molar-refractivity contribution in [3.63, 3.8) is 0 Å². The normalized spacial score (nSPS) is 19.7. The molecule has 0 amide bonds. The molecule has 0 aliphatic carbocycles. The van der Waals surface area contributed by atoms with Gasteiger partial charge in [0.25, 0.3) is 0 Å². The summed E-state index contributed by atoms with van der Waals surface area (Å²) in [6, 6.07) is 6.50. The summed E-state index contributed by atoms with van der Waals surface area (Å²) in [6.07, 6.45) is 2.10. The lowest BCUT2D eigenvalue weighted by Crippen LogP contribution is -2.05. The molecule has 1 aliphatic heterocycles. The van der Waals surface area contributed by atoms with Crippen molar-refractivity contribution < 1.29 is 4.84 Å². The standard InChI is InChI=1S/C11H15NOS/c1-8-7-10-9(5-6-13-12)3-2-4-11(10)14-8/h2-4,8H,5-7,12H2,1H3. The predicted molar refractivity (Wildman–Crippen MR) is 59.3 cm³/mol. The number of nitrogens with two attached hydrogens (primary N) is 1. The molecule has 1 unspecified atom stereocenters. The van der Waals surface area contributed by atoms with Crippen LogP contribution in [0.25, 0.3) is 0 Å². The van der Waals surface area contributed by atoms with Crippen molar-refractivity contribution in [1.29, 1.82) is 0 Å². The molecule has 1 aliphatic rings. The average Bonchev–Trinajstić information content (AvgIpc) is 2.55. The van der Waals surface area contributed by atoms with Gasteiger partial charge in [0.1, 0.15) is 0 Å². The van der Waals surface area contributed by atoms with Crippen LogP contribution in [0.1, 0.15) is 18.1 Å². The van der Waals surface area contributed by atoms with Crippen molar-refractivity contribution in [3.05, 3.63) is 29.3 Å². The zero-order chi connectivity index (χ0) is 9.97. The highest BCUT2D eigenvalue weighted by Gasteiger charge is 2.20. The molecule has 0 aromatic heterocycles. The Kier molecular flexibility index (Phi) is 3.11. The maximum atomic E-state index is 5.04. The highest BCUT2D eigenvalue weighted by atomic mass is 32.2. The van der Waals surface area contributed by atoms with E-state index in [4.69, 9.17) is 5.90 Å². The van der Waals surface area contributed by atoms with Gasteiger partial charge in [-0.05, 0) is 30.0 Å². The smallest absolute Gasteiger partial charge is 0.0719 e. The van der Waals surface area contributed by atoms with Gasteiger partial charge >= 0.3 is 0 Å². The van der Waals surface area contributed by atoms with Crippen molar-refractivity contribution in [3.8, 4) is 0 Å². The van der Waals surface area contributed by atoms with Gasteiger partial charge in [0, 0.05) is 10.1 Å². The fourth-order valence-electron chi connectivity index (χ4n) is 1.90. The van der Waals surface area contributed by atoms with Crippen molar-refractivity contribution in [2.75, 3.05) is 6.61 Å². The molecule has 2 rings (SSSR count). The Bertz CT molecular complexity index is 327. The van der Waals surface area contributed by atoms with E-state index in [0.29, 0.717) is 11.9 Å². The largest absolute Gasteiger partial charge is 0.304 e. The van der Waals surface area contributed by atoms with Crippen molar-refractivity contribution in [2.24, 2.45) is 5.90 Å². The van der Waals surface area contributed by atoms with Crippen LogP contribution < -0.4 is 5.90 Å². The average molecular weight is 209 g/mol. The molecule has 0 bridgehead atoms. The van der Waals surface area contributed by atoms with E-state index in [1.54, 1.807) is 0 Å². The van der Waals surface area contributed by atoms with Crippen LogP contribution in [0.5, 0.6) is 0 Å². The van der Waals surface area contributed by atoms with Gasteiger partial charge in [-0.25, -0.2) is 5.90 Å². The number of hydrogen-bond donors (Lipinski definition) is 1. The maximum absolute atomic E-state index is 5.04. The number of benzene rings is 1. The first-order valence-corrected chi connectivity index (χ1v) is 5.78. The third kappa shape index (κ3) is 1.95. The molecule has 0 radical (unpaired) electrons. The van der Waals surface area contributed by atoms with E-state index in [9.17, 15) is 0 Å². The van der Waals surface area contributed by atoms with Crippen molar-refractivity contribution in [2.45, 2.75) is 29.9 Å². The third-order valence-corrected chi connectivity index (χ3v) is 3.74. The Morgan fingerprint density at radius 1 is 1.57 bits per heavy atom. The molecule has 14 heavy (non-hydrogen) atoms. The Morgan fingerprint density at radius 2 is 2.43 bits per heavy atom. The van der Waals surface area contributed by atoms with Gasteiger partial charge in [-0.15, -0.1) is 11.8 Å². The fraction of sp³-hybridized carbons (Fsp3) is 0.455. The first-order valence-electron chi connectivity index (χ1n) is 4.90. The van der Waals surface area contributed by atoms with E-state index >= 15 is 0 Å². The minimum atomic E-state index is 0.607. The van der Waals surface area contributed by atoms with Crippen LogP contribution >= 0.6 is 11.8 Å². The van der Waals surface area contributed by atoms with E-state index < -0.39 is 0 Å². The van der Waals surface area contributed by atoms with Gasteiger partial charge < -0.3 is 4.84 Å². The molecule has 1 aromatic carbocycles. The maximum Gasteiger partial charge on any atom is 0.0719 e. The van der Waals surface area contributed by atoms with E-state index in [0.717, 1.165) is 6.42 Å². The van der Waals surface area contributed by atoms with Gasteiger partial charge in [-0.3, -0.25) is 0 Å². The fourth-order valence-corrected chi connectivity index (χ4v) is 3.10. The summed E-state index contributed by atoms with van der Waals surface area (Å²) >= 11 is 1.97. The second kappa shape index (κ2) is 4.34. The van der Waals surface area contributed by atoms with Crippen LogP contribution in [0.4, 0.5) is 0 Å². The highest BCUT2D eigenvalue weighted by molar-refractivity contribution is 8.00. The summed E-state index contributed by atoms with van der Waals surface area (Å²) in [6.45, 7) is 2.88. The molecule has 1 aromatic rings. The molecule has 76 valence electrons. The SMILES string of the molecule is CC1Cc2c(CCON)cccc2S1. The van der Waals surface area contributed by atoms with Crippen LogP contribution in [0.2, 0.25) is 0 Å². The molecule has 0 saturated carbocycles. The first-order chi connectivity index (χ1) is 6.81. The second-order valence-electron chi connectivity index (χ2n) is 3.65. The minimum absolute atomic E-state index is 0.607. The van der Waals surface area contributed by atoms with Gasteiger partial charge in [0.15, 0.2) is 0 Å². The molecule has 2 N–H and O–H groups in total. The Morgan fingerprint density at radius 3 is 3.21 bits per heavy atom. The number of rotatable bonds is 3. The molecule has 1 atom stereocenters. The lowest BCUT2D eigenvalue weighted by molar-refractivity contribution is 0.141. The van der Waals surface area contributed by atoms with Crippen LogP contribution in [-0.2, 0) is 17.7 Å². The summed E-state index contributed by atoms with van der Waals surface area (Å²) in [5, 5.41) is 0.713. The van der Waals surface area contributed by atoms with Gasteiger partial charge in [-0.1, -0.05) is 19.1 Å². The molecular weight excluding hydrogens is 194 g/mol. The summed E-state index contributed by atoms with van der Waals surface area (Å²) in [5.41, 5.74) is 2.90. The van der Waals surface area contributed by atoms with E-state index in [2.05, 4.69) is 30.0 Å². The highest BCUT2D eigenvalue weighted by Crippen LogP contribution is 2.38. The van der Waals surface area contributed by atoms with Crippen LogP contribution in [-0.4, -0.2) is 11.9 Å². The summed E-state index contributed by atoms with van der Waals surface area (Å²) in [5.74, 6) is 5.04. The van der Waals surface area contributed by atoms with Crippen molar-refractivity contribution in [1.82, 2.24) is 0 Å². The zero-order valence-electron chi connectivity index (χ0n) is 8.32.